The molecule has 0 aromatic heterocycles. The Labute approximate surface area is 149 Å². The van der Waals surface area contributed by atoms with Gasteiger partial charge in [-0.15, -0.1) is 0 Å². The standard InChI is InChI=1S/C18H19BrN2O3/c1-11(12-6-8-13(19)9-7-12)20-16(22)10-21-17(23)14-4-2-3-5-15(14)18(21)24/h2-3,6-9,11,14-15H,4-5,10H2,1H3,(H,20,22)/t11-,14-,15+/m1/s1. The number of nitrogens with one attached hydrogen (secondary N) is 1. The SMILES string of the molecule is C[C@@H](NC(=O)CN1C(=O)[C@H]2CC=CC[C@H]2C1=O)c1ccc(Br)cc1. The number of hydrogen-bond acceptors (Lipinski definition) is 3. The third-order valence-electron chi connectivity index (χ3n) is 4.65. The van der Waals surface area contributed by atoms with Crippen molar-refractivity contribution >= 4 is 33.7 Å². The van der Waals surface area contributed by atoms with E-state index in [1.807, 2.05) is 43.3 Å². The van der Waals surface area contributed by atoms with Gasteiger partial charge in [-0.25, -0.2) is 0 Å². The second kappa shape index (κ2) is 6.89. The lowest BCUT2D eigenvalue weighted by atomic mass is 9.85. The van der Waals surface area contributed by atoms with Crippen molar-refractivity contribution in [2.45, 2.75) is 25.8 Å². The molecular weight excluding hydrogens is 372 g/mol. The summed E-state index contributed by atoms with van der Waals surface area (Å²) in [6.07, 6.45) is 5.04. The summed E-state index contributed by atoms with van der Waals surface area (Å²) in [6.45, 7) is 1.67. The molecule has 1 aliphatic heterocycles. The fourth-order valence-corrected chi connectivity index (χ4v) is 3.55. The van der Waals surface area contributed by atoms with Gasteiger partial charge in [0, 0.05) is 4.47 Å². The predicted octanol–water partition coefficient (Wildman–Crippen LogP) is 2.58. The van der Waals surface area contributed by atoms with Crippen LogP contribution in [-0.2, 0) is 14.4 Å². The lowest BCUT2D eigenvalue weighted by Crippen LogP contribution is -2.41. The summed E-state index contributed by atoms with van der Waals surface area (Å²) in [5, 5.41) is 2.85. The number of allylic oxidation sites excluding steroid dienone is 2. The van der Waals surface area contributed by atoms with Gasteiger partial charge in [-0.2, -0.15) is 0 Å². The molecule has 0 radical (unpaired) electrons. The van der Waals surface area contributed by atoms with Crippen LogP contribution in [0.5, 0.6) is 0 Å². The first-order valence-corrected chi connectivity index (χ1v) is 8.81. The van der Waals surface area contributed by atoms with Gasteiger partial charge in [0.05, 0.1) is 17.9 Å². The van der Waals surface area contributed by atoms with Crippen molar-refractivity contribution in [1.29, 1.82) is 0 Å². The molecular formula is C18H19BrN2O3. The number of rotatable bonds is 4. The number of nitrogens with zero attached hydrogens (tertiary/aromatic N) is 1. The van der Waals surface area contributed by atoms with Crippen molar-refractivity contribution in [3.8, 4) is 0 Å². The number of hydrogen-bond donors (Lipinski definition) is 1. The largest absolute Gasteiger partial charge is 0.348 e. The molecule has 0 unspecified atom stereocenters. The van der Waals surface area contributed by atoms with Gasteiger partial charge in [0.1, 0.15) is 6.54 Å². The molecule has 5 nitrogen and oxygen atoms in total. The zero-order valence-electron chi connectivity index (χ0n) is 13.4. The zero-order valence-corrected chi connectivity index (χ0v) is 15.0. The van der Waals surface area contributed by atoms with Crippen LogP contribution in [0.1, 0.15) is 31.4 Å². The van der Waals surface area contributed by atoms with E-state index in [0.717, 1.165) is 14.9 Å². The van der Waals surface area contributed by atoms with E-state index in [4.69, 9.17) is 0 Å². The maximum Gasteiger partial charge on any atom is 0.240 e. The van der Waals surface area contributed by atoms with E-state index < -0.39 is 0 Å². The summed E-state index contributed by atoms with van der Waals surface area (Å²) in [6, 6.07) is 7.46. The van der Waals surface area contributed by atoms with Crippen molar-refractivity contribution < 1.29 is 14.4 Å². The van der Waals surface area contributed by atoms with Gasteiger partial charge in [-0.05, 0) is 37.5 Å². The minimum absolute atomic E-state index is 0.192. The van der Waals surface area contributed by atoms with Crippen LogP contribution in [0.25, 0.3) is 0 Å². The molecule has 3 atom stereocenters. The number of likely N-dealkylation sites (tertiary alicyclic amines) is 1. The Kier molecular flexibility index (Phi) is 4.85. The third-order valence-corrected chi connectivity index (χ3v) is 5.18. The molecule has 3 amide bonds. The molecule has 1 fully saturated rings. The second-order valence-electron chi connectivity index (χ2n) is 6.26. The Morgan fingerprint density at radius 2 is 1.71 bits per heavy atom. The van der Waals surface area contributed by atoms with Gasteiger partial charge in [-0.3, -0.25) is 19.3 Å². The first-order chi connectivity index (χ1) is 11.5. The molecule has 0 spiro atoms. The highest BCUT2D eigenvalue weighted by Crippen LogP contribution is 2.34. The van der Waals surface area contributed by atoms with Crippen LogP contribution in [0.2, 0.25) is 0 Å². The summed E-state index contributed by atoms with van der Waals surface area (Å²) in [5.74, 6) is -1.35. The van der Waals surface area contributed by atoms with E-state index in [2.05, 4.69) is 21.2 Å². The molecule has 1 aromatic rings. The van der Waals surface area contributed by atoms with E-state index in [0.29, 0.717) is 12.8 Å². The molecule has 1 aromatic carbocycles. The Balaban J connectivity index is 1.61. The van der Waals surface area contributed by atoms with E-state index in [1.165, 1.54) is 0 Å². The third kappa shape index (κ3) is 3.29. The number of amides is 3. The number of benzene rings is 1. The maximum atomic E-state index is 12.4. The van der Waals surface area contributed by atoms with Crippen molar-refractivity contribution in [3.63, 3.8) is 0 Å². The van der Waals surface area contributed by atoms with E-state index in [-0.39, 0.29) is 42.1 Å². The molecule has 6 heteroatoms. The second-order valence-corrected chi connectivity index (χ2v) is 7.17. The van der Waals surface area contributed by atoms with Crippen LogP contribution in [0.15, 0.2) is 40.9 Å². The van der Waals surface area contributed by atoms with Crippen LogP contribution in [-0.4, -0.2) is 29.2 Å². The fourth-order valence-electron chi connectivity index (χ4n) is 3.29. The molecule has 3 rings (SSSR count). The monoisotopic (exact) mass is 390 g/mol. The molecule has 0 bridgehead atoms. The van der Waals surface area contributed by atoms with Gasteiger partial charge in [0.15, 0.2) is 0 Å². The quantitative estimate of drug-likeness (QED) is 0.634. The summed E-state index contributed by atoms with van der Waals surface area (Å²) < 4.78 is 0.967. The Hall–Kier alpha value is -1.95. The fraction of sp³-hybridized carbons (Fsp3) is 0.389. The van der Waals surface area contributed by atoms with Gasteiger partial charge >= 0.3 is 0 Å². The number of carbonyl (C=O) groups is 3. The zero-order chi connectivity index (χ0) is 17.3. The Bertz CT molecular complexity index is 673. The summed E-state index contributed by atoms with van der Waals surface area (Å²) in [5.41, 5.74) is 0.962. The summed E-state index contributed by atoms with van der Waals surface area (Å²) >= 11 is 3.37. The molecule has 126 valence electrons. The van der Waals surface area contributed by atoms with Crippen molar-refractivity contribution in [2.24, 2.45) is 11.8 Å². The minimum atomic E-state index is -0.321. The van der Waals surface area contributed by atoms with Crippen LogP contribution in [0.3, 0.4) is 0 Å². The highest BCUT2D eigenvalue weighted by atomic mass is 79.9. The molecule has 0 saturated carbocycles. The topological polar surface area (TPSA) is 66.5 Å². The number of carbonyl (C=O) groups excluding carboxylic acids is 3. The number of imide groups is 1. The molecule has 1 heterocycles. The lowest BCUT2D eigenvalue weighted by molar-refractivity contribution is -0.143. The first-order valence-electron chi connectivity index (χ1n) is 8.02. The van der Waals surface area contributed by atoms with Crippen LogP contribution >= 0.6 is 15.9 Å². The minimum Gasteiger partial charge on any atom is -0.348 e. The maximum absolute atomic E-state index is 12.4. The normalized spacial score (nSPS) is 24.0. The molecule has 1 aliphatic carbocycles. The Morgan fingerprint density at radius 1 is 1.17 bits per heavy atom. The van der Waals surface area contributed by atoms with Crippen molar-refractivity contribution in [2.75, 3.05) is 6.54 Å². The molecule has 24 heavy (non-hydrogen) atoms. The van der Waals surface area contributed by atoms with Gasteiger partial charge in [0.25, 0.3) is 0 Å². The smallest absolute Gasteiger partial charge is 0.240 e. The summed E-state index contributed by atoms with van der Waals surface area (Å²) in [7, 11) is 0. The van der Waals surface area contributed by atoms with Crippen LogP contribution in [0, 0.1) is 11.8 Å². The summed E-state index contributed by atoms with van der Waals surface area (Å²) in [4.78, 5) is 38.1. The molecule has 1 saturated heterocycles. The highest BCUT2D eigenvalue weighted by Gasteiger charge is 2.47. The van der Waals surface area contributed by atoms with Crippen LogP contribution < -0.4 is 5.32 Å². The van der Waals surface area contributed by atoms with E-state index in [9.17, 15) is 14.4 Å². The number of halogens is 1. The first kappa shape index (κ1) is 16.9. The Morgan fingerprint density at radius 3 is 2.25 bits per heavy atom. The average molecular weight is 391 g/mol. The molecule has 2 aliphatic rings. The highest BCUT2D eigenvalue weighted by molar-refractivity contribution is 9.10. The lowest BCUT2D eigenvalue weighted by Gasteiger charge is -2.18. The van der Waals surface area contributed by atoms with Gasteiger partial charge in [-0.1, -0.05) is 40.2 Å². The van der Waals surface area contributed by atoms with E-state index in [1.54, 1.807) is 0 Å². The number of fused-ring (bicyclic) bond motifs is 1. The van der Waals surface area contributed by atoms with E-state index >= 15 is 0 Å². The van der Waals surface area contributed by atoms with Crippen molar-refractivity contribution in [1.82, 2.24) is 10.2 Å². The predicted molar refractivity (Wildman–Crippen MR) is 92.8 cm³/mol. The van der Waals surface area contributed by atoms with Gasteiger partial charge < -0.3 is 5.32 Å². The van der Waals surface area contributed by atoms with Crippen molar-refractivity contribution in [3.05, 3.63) is 46.5 Å². The molecule has 1 N–H and O–H groups in total. The van der Waals surface area contributed by atoms with Crippen LogP contribution in [0.4, 0.5) is 0 Å². The van der Waals surface area contributed by atoms with Gasteiger partial charge in [0.2, 0.25) is 17.7 Å². The average Bonchev–Trinajstić information content (AvgIpc) is 2.81.